The van der Waals surface area contributed by atoms with Crippen LogP contribution in [0.15, 0.2) is 10.5 Å². The van der Waals surface area contributed by atoms with Gasteiger partial charge < -0.3 is 9.47 Å². The topological polar surface area (TPSA) is 42.2 Å². The largest absolute Gasteiger partial charge is 0.493 e. The number of rotatable bonds is 3. The molecule has 0 aliphatic rings. The van der Waals surface area contributed by atoms with Gasteiger partial charge in [-0.05, 0) is 27.4 Å². The van der Waals surface area contributed by atoms with Gasteiger partial charge in [-0.15, -0.1) is 0 Å². The Kier molecular flexibility index (Phi) is 4.19. The second kappa shape index (κ2) is 5.22. The summed E-state index contributed by atoms with van der Waals surface area (Å²) in [4.78, 5) is 0. The summed E-state index contributed by atoms with van der Waals surface area (Å²) < 4.78 is 11.3. The fourth-order valence-corrected chi connectivity index (χ4v) is 2.65. The minimum Gasteiger partial charge on any atom is -0.493 e. The minimum absolute atomic E-state index is 0.240. The van der Waals surface area contributed by atoms with Crippen LogP contribution in [-0.4, -0.2) is 14.2 Å². The van der Waals surface area contributed by atoms with E-state index in [0.717, 1.165) is 10.0 Å². The van der Waals surface area contributed by atoms with E-state index in [1.807, 2.05) is 13.8 Å². The Morgan fingerprint density at radius 3 is 2.31 bits per heavy atom. The van der Waals surface area contributed by atoms with E-state index in [0.29, 0.717) is 17.1 Å². The Morgan fingerprint density at radius 2 is 1.94 bits per heavy atom. The zero-order chi connectivity index (χ0) is 12.3. The van der Waals surface area contributed by atoms with Crippen LogP contribution >= 0.6 is 15.9 Å². The van der Waals surface area contributed by atoms with Gasteiger partial charge in [-0.2, -0.15) is 5.26 Å². The van der Waals surface area contributed by atoms with E-state index in [1.54, 1.807) is 20.3 Å². The molecule has 0 saturated heterocycles. The van der Waals surface area contributed by atoms with Gasteiger partial charge in [0.2, 0.25) is 0 Å². The number of methoxy groups -OCH3 is 2. The molecule has 4 heteroatoms. The molecule has 0 aromatic heterocycles. The quantitative estimate of drug-likeness (QED) is 0.853. The second-order valence-corrected chi connectivity index (χ2v) is 4.45. The van der Waals surface area contributed by atoms with Crippen LogP contribution in [0.5, 0.6) is 11.5 Å². The van der Waals surface area contributed by atoms with Crippen molar-refractivity contribution in [2.75, 3.05) is 14.2 Å². The molecule has 1 aromatic rings. The van der Waals surface area contributed by atoms with E-state index in [1.165, 1.54) is 0 Å². The SMILES string of the molecule is COc1cc(C#N)c(C(C)C)c(Br)c1OC. The molecule has 0 aliphatic heterocycles. The fourth-order valence-electron chi connectivity index (χ4n) is 1.62. The molecule has 0 saturated carbocycles. The molecule has 86 valence electrons. The molecule has 16 heavy (non-hydrogen) atoms. The zero-order valence-electron chi connectivity index (χ0n) is 9.80. The van der Waals surface area contributed by atoms with Crippen molar-refractivity contribution in [3.8, 4) is 17.6 Å². The van der Waals surface area contributed by atoms with Gasteiger partial charge in [-0.3, -0.25) is 0 Å². The maximum absolute atomic E-state index is 9.11. The monoisotopic (exact) mass is 283 g/mol. The molecule has 0 radical (unpaired) electrons. The van der Waals surface area contributed by atoms with E-state index in [9.17, 15) is 0 Å². The summed E-state index contributed by atoms with van der Waals surface area (Å²) in [6, 6.07) is 3.89. The normalized spacial score (nSPS) is 10.1. The average Bonchev–Trinajstić information content (AvgIpc) is 2.26. The first-order chi connectivity index (χ1) is 7.56. The van der Waals surface area contributed by atoms with E-state index in [2.05, 4.69) is 22.0 Å². The lowest BCUT2D eigenvalue weighted by Crippen LogP contribution is -2.00. The highest BCUT2D eigenvalue weighted by molar-refractivity contribution is 9.10. The van der Waals surface area contributed by atoms with E-state index < -0.39 is 0 Å². The first-order valence-corrected chi connectivity index (χ1v) is 5.70. The predicted molar refractivity (Wildman–Crippen MR) is 66.1 cm³/mol. The molecule has 0 amide bonds. The van der Waals surface area contributed by atoms with Crippen LogP contribution in [0.2, 0.25) is 0 Å². The summed E-state index contributed by atoms with van der Waals surface area (Å²) in [6.07, 6.45) is 0. The van der Waals surface area contributed by atoms with Gasteiger partial charge >= 0.3 is 0 Å². The second-order valence-electron chi connectivity index (χ2n) is 3.65. The smallest absolute Gasteiger partial charge is 0.175 e. The Bertz CT molecular complexity index is 436. The summed E-state index contributed by atoms with van der Waals surface area (Å²) in [7, 11) is 3.14. The van der Waals surface area contributed by atoms with Crippen molar-refractivity contribution in [1.29, 1.82) is 5.26 Å². The van der Waals surface area contributed by atoms with Crippen molar-refractivity contribution < 1.29 is 9.47 Å². The predicted octanol–water partition coefficient (Wildman–Crippen LogP) is 3.46. The number of hydrogen-bond acceptors (Lipinski definition) is 3. The Morgan fingerprint density at radius 1 is 1.31 bits per heavy atom. The Labute approximate surface area is 104 Å². The molecule has 0 heterocycles. The van der Waals surface area contributed by atoms with Gasteiger partial charge in [0, 0.05) is 6.07 Å². The van der Waals surface area contributed by atoms with Crippen LogP contribution in [0.4, 0.5) is 0 Å². The molecule has 0 unspecified atom stereocenters. The van der Waals surface area contributed by atoms with Gasteiger partial charge in [0.25, 0.3) is 0 Å². The number of nitriles is 1. The molecular weight excluding hydrogens is 270 g/mol. The number of halogens is 1. The van der Waals surface area contributed by atoms with Crippen molar-refractivity contribution in [2.24, 2.45) is 0 Å². The lowest BCUT2D eigenvalue weighted by molar-refractivity contribution is 0.352. The summed E-state index contributed by atoms with van der Waals surface area (Å²) >= 11 is 3.47. The van der Waals surface area contributed by atoms with Crippen LogP contribution in [0.3, 0.4) is 0 Å². The van der Waals surface area contributed by atoms with Crippen LogP contribution in [0.25, 0.3) is 0 Å². The van der Waals surface area contributed by atoms with Crippen LogP contribution in [0.1, 0.15) is 30.9 Å². The molecule has 0 N–H and O–H groups in total. The lowest BCUT2D eigenvalue weighted by atomic mass is 9.97. The highest BCUT2D eigenvalue weighted by atomic mass is 79.9. The van der Waals surface area contributed by atoms with E-state index in [-0.39, 0.29) is 5.92 Å². The summed E-state index contributed by atoms with van der Waals surface area (Å²) in [5.41, 5.74) is 1.56. The first kappa shape index (κ1) is 12.9. The molecule has 0 spiro atoms. The molecule has 1 rings (SSSR count). The third-order valence-corrected chi connectivity index (χ3v) is 3.13. The molecule has 0 bridgehead atoms. The summed E-state index contributed by atoms with van der Waals surface area (Å²) in [5, 5.41) is 9.11. The number of benzene rings is 1. The van der Waals surface area contributed by atoms with Gasteiger partial charge in [0.15, 0.2) is 11.5 Å². The van der Waals surface area contributed by atoms with Gasteiger partial charge in [0.1, 0.15) is 0 Å². The van der Waals surface area contributed by atoms with Gasteiger partial charge in [-0.1, -0.05) is 13.8 Å². The van der Waals surface area contributed by atoms with Gasteiger partial charge in [-0.25, -0.2) is 0 Å². The maximum Gasteiger partial charge on any atom is 0.175 e. The van der Waals surface area contributed by atoms with Gasteiger partial charge in [0.05, 0.1) is 30.3 Å². The average molecular weight is 284 g/mol. The summed E-state index contributed by atoms with van der Waals surface area (Å²) in [5.74, 6) is 1.43. The van der Waals surface area contributed by atoms with Crippen LogP contribution in [0, 0.1) is 11.3 Å². The van der Waals surface area contributed by atoms with Crippen LogP contribution < -0.4 is 9.47 Å². The third kappa shape index (κ3) is 2.14. The highest BCUT2D eigenvalue weighted by Crippen LogP contribution is 2.42. The van der Waals surface area contributed by atoms with E-state index >= 15 is 0 Å². The maximum atomic E-state index is 9.11. The number of hydrogen-bond donors (Lipinski definition) is 0. The van der Waals surface area contributed by atoms with Crippen LogP contribution in [-0.2, 0) is 0 Å². The fraction of sp³-hybridized carbons (Fsp3) is 0.417. The molecular formula is C12H14BrNO2. The molecule has 3 nitrogen and oxygen atoms in total. The Balaban J connectivity index is 3.56. The first-order valence-electron chi connectivity index (χ1n) is 4.91. The standard InChI is InChI=1S/C12H14BrNO2/c1-7(2)10-8(6-14)5-9(15-3)12(16-4)11(10)13/h5,7H,1-4H3. The summed E-state index contributed by atoms with van der Waals surface area (Å²) in [6.45, 7) is 4.07. The molecule has 0 aliphatic carbocycles. The van der Waals surface area contributed by atoms with Crippen molar-refractivity contribution >= 4 is 15.9 Å². The minimum atomic E-state index is 0.240. The highest BCUT2D eigenvalue weighted by Gasteiger charge is 2.19. The van der Waals surface area contributed by atoms with E-state index in [4.69, 9.17) is 14.7 Å². The van der Waals surface area contributed by atoms with Crippen molar-refractivity contribution in [1.82, 2.24) is 0 Å². The third-order valence-electron chi connectivity index (χ3n) is 2.35. The number of ether oxygens (including phenoxy) is 2. The lowest BCUT2D eigenvalue weighted by Gasteiger charge is -2.16. The molecule has 1 aromatic carbocycles. The molecule has 0 fully saturated rings. The van der Waals surface area contributed by atoms with Crippen molar-refractivity contribution in [3.05, 3.63) is 21.7 Å². The molecule has 0 atom stereocenters. The van der Waals surface area contributed by atoms with Crippen molar-refractivity contribution in [3.63, 3.8) is 0 Å². The Hall–Kier alpha value is -1.21. The zero-order valence-corrected chi connectivity index (χ0v) is 11.4. The number of nitrogens with zero attached hydrogens (tertiary/aromatic N) is 1. The van der Waals surface area contributed by atoms with Crippen molar-refractivity contribution in [2.45, 2.75) is 19.8 Å².